The summed E-state index contributed by atoms with van der Waals surface area (Å²) in [4.78, 5) is 13.3. The highest BCUT2D eigenvalue weighted by Crippen LogP contribution is 2.05. The summed E-state index contributed by atoms with van der Waals surface area (Å²) in [5.74, 6) is 0. The van der Waals surface area contributed by atoms with E-state index in [1.54, 1.807) is 0 Å². The van der Waals surface area contributed by atoms with Gasteiger partial charge in [0.1, 0.15) is 6.61 Å². The Labute approximate surface area is 118 Å². The number of nitrogens with zero attached hydrogens (tertiary/aromatic N) is 1. The van der Waals surface area contributed by atoms with Crippen molar-refractivity contribution < 1.29 is 24.1 Å². The zero-order chi connectivity index (χ0) is 14.8. The molecule has 0 aliphatic rings. The average molecular weight is 283 g/mol. The predicted octanol–water partition coefficient (Wildman–Crippen LogP) is 1.24. The number of carbonyl (C=O) groups excluding carboxylic acids is 1. The molecule has 20 heavy (non-hydrogen) atoms. The number of benzene rings is 1. The summed E-state index contributed by atoms with van der Waals surface area (Å²) < 4.78 is 15.3. The molecular weight excluding hydrogens is 262 g/mol. The quantitative estimate of drug-likeness (QED) is 0.727. The van der Waals surface area contributed by atoms with Gasteiger partial charge in [-0.15, -0.1) is 0 Å². The number of hydrogen-bond donors (Lipinski definition) is 1. The SMILES string of the molecule is COC(CN(CCO)C(=O)OCc1ccccc1)OC. The van der Waals surface area contributed by atoms with Crippen molar-refractivity contribution in [2.75, 3.05) is 33.9 Å². The Hall–Kier alpha value is -1.63. The van der Waals surface area contributed by atoms with E-state index < -0.39 is 12.4 Å². The summed E-state index contributed by atoms with van der Waals surface area (Å²) in [6.45, 7) is 0.394. The summed E-state index contributed by atoms with van der Waals surface area (Å²) >= 11 is 0. The molecular formula is C14H21NO5. The van der Waals surface area contributed by atoms with Crippen LogP contribution < -0.4 is 0 Å². The first-order chi connectivity index (χ1) is 9.71. The zero-order valence-electron chi connectivity index (χ0n) is 11.8. The lowest BCUT2D eigenvalue weighted by Gasteiger charge is -2.24. The lowest BCUT2D eigenvalue weighted by atomic mass is 10.2. The minimum Gasteiger partial charge on any atom is -0.445 e. The average Bonchev–Trinajstić information content (AvgIpc) is 2.50. The van der Waals surface area contributed by atoms with Crippen molar-refractivity contribution in [3.05, 3.63) is 35.9 Å². The van der Waals surface area contributed by atoms with Gasteiger partial charge < -0.3 is 24.2 Å². The monoisotopic (exact) mass is 283 g/mol. The summed E-state index contributed by atoms with van der Waals surface area (Å²) in [5, 5.41) is 9.00. The van der Waals surface area contributed by atoms with Crippen LogP contribution in [0.25, 0.3) is 0 Å². The minimum atomic E-state index is -0.550. The van der Waals surface area contributed by atoms with Crippen LogP contribution in [0.15, 0.2) is 30.3 Å². The van der Waals surface area contributed by atoms with E-state index in [0.29, 0.717) is 0 Å². The van der Waals surface area contributed by atoms with Crippen molar-refractivity contribution in [2.45, 2.75) is 12.9 Å². The smallest absolute Gasteiger partial charge is 0.410 e. The number of amides is 1. The zero-order valence-corrected chi connectivity index (χ0v) is 11.8. The Morgan fingerprint density at radius 2 is 1.90 bits per heavy atom. The molecule has 6 heteroatoms. The van der Waals surface area contributed by atoms with E-state index in [1.165, 1.54) is 19.1 Å². The van der Waals surface area contributed by atoms with Crippen LogP contribution in [0.4, 0.5) is 4.79 Å². The van der Waals surface area contributed by atoms with Crippen molar-refractivity contribution in [3.63, 3.8) is 0 Å². The molecule has 1 aromatic carbocycles. The van der Waals surface area contributed by atoms with Crippen LogP contribution in [0, 0.1) is 0 Å². The Bertz CT molecular complexity index is 380. The summed E-state index contributed by atoms with van der Waals surface area (Å²) in [7, 11) is 2.97. The molecule has 0 spiro atoms. The van der Waals surface area contributed by atoms with Crippen molar-refractivity contribution in [2.24, 2.45) is 0 Å². The molecule has 0 bridgehead atoms. The molecule has 0 heterocycles. The molecule has 0 aliphatic heterocycles. The third-order valence-electron chi connectivity index (χ3n) is 2.73. The van der Waals surface area contributed by atoms with Gasteiger partial charge in [0.2, 0.25) is 0 Å². The fraction of sp³-hybridized carbons (Fsp3) is 0.500. The first-order valence-corrected chi connectivity index (χ1v) is 6.33. The second-order valence-corrected chi connectivity index (χ2v) is 4.11. The molecule has 0 fully saturated rings. The van der Waals surface area contributed by atoms with Crippen LogP contribution >= 0.6 is 0 Å². The molecule has 0 atom stereocenters. The number of aliphatic hydroxyl groups is 1. The standard InChI is InChI=1S/C14H21NO5/c1-18-13(19-2)10-15(8-9-16)14(17)20-11-12-6-4-3-5-7-12/h3-7,13,16H,8-11H2,1-2H3. The van der Waals surface area contributed by atoms with Crippen LogP contribution in [0.5, 0.6) is 0 Å². The minimum absolute atomic E-state index is 0.152. The van der Waals surface area contributed by atoms with Crippen molar-refractivity contribution in [1.82, 2.24) is 4.90 Å². The molecule has 1 N–H and O–H groups in total. The molecule has 0 saturated carbocycles. The topological polar surface area (TPSA) is 68.2 Å². The Morgan fingerprint density at radius 1 is 1.25 bits per heavy atom. The Balaban J connectivity index is 2.51. The number of rotatable bonds is 8. The van der Waals surface area contributed by atoms with Gasteiger partial charge in [0.15, 0.2) is 6.29 Å². The molecule has 6 nitrogen and oxygen atoms in total. The van der Waals surface area contributed by atoms with Crippen molar-refractivity contribution in [3.8, 4) is 0 Å². The van der Waals surface area contributed by atoms with Crippen LogP contribution in [-0.4, -0.2) is 56.3 Å². The molecule has 112 valence electrons. The van der Waals surface area contributed by atoms with E-state index in [4.69, 9.17) is 19.3 Å². The highest BCUT2D eigenvalue weighted by molar-refractivity contribution is 5.67. The largest absolute Gasteiger partial charge is 0.445 e. The maximum Gasteiger partial charge on any atom is 0.410 e. The Morgan fingerprint density at radius 3 is 2.45 bits per heavy atom. The van der Waals surface area contributed by atoms with Crippen LogP contribution in [0.1, 0.15) is 5.56 Å². The van der Waals surface area contributed by atoms with Gasteiger partial charge in [-0.25, -0.2) is 4.79 Å². The predicted molar refractivity (Wildman–Crippen MR) is 73.1 cm³/mol. The summed E-state index contributed by atoms with van der Waals surface area (Å²) in [6.07, 6.45) is -1.06. The molecule has 0 radical (unpaired) electrons. The van der Waals surface area contributed by atoms with E-state index in [9.17, 15) is 4.79 Å². The van der Waals surface area contributed by atoms with Crippen LogP contribution in [0.3, 0.4) is 0 Å². The van der Waals surface area contributed by atoms with Crippen LogP contribution in [-0.2, 0) is 20.8 Å². The van der Waals surface area contributed by atoms with Gasteiger partial charge in [-0.1, -0.05) is 30.3 Å². The van der Waals surface area contributed by atoms with E-state index in [-0.39, 0.29) is 26.3 Å². The summed E-state index contributed by atoms with van der Waals surface area (Å²) in [5.41, 5.74) is 0.903. The number of ether oxygens (including phenoxy) is 3. The maximum absolute atomic E-state index is 12.0. The second-order valence-electron chi connectivity index (χ2n) is 4.11. The molecule has 0 unspecified atom stereocenters. The third-order valence-corrected chi connectivity index (χ3v) is 2.73. The maximum atomic E-state index is 12.0. The molecule has 1 amide bonds. The first kappa shape index (κ1) is 16.4. The van der Waals surface area contributed by atoms with E-state index >= 15 is 0 Å². The van der Waals surface area contributed by atoms with Gasteiger partial charge >= 0.3 is 6.09 Å². The number of carbonyl (C=O) groups is 1. The van der Waals surface area contributed by atoms with Crippen LogP contribution in [0.2, 0.25) is 0 Å². The molecule has 1 rings (SSSR count). The Kier molecular flexibility index (Phi) is 7.64. The molecule has 1 aromatic rings. The van der Waals surface area contributed by atoms with Gasteiger partial charge in [-0.3, -0.25) is 0 Å². The number of methoxy groups -OCH3 is 2. The molecule has 0 aromatic heterocycles. The first-order valence-electron chi connectivity index (χ1n) is 6.33. The van der Waals surface area contributed by atoms with E-state index in [2.05, 4.69) is 0 Å². The highest BCUT2D eigenvalue weighted by atomic mass is 16.7. The normalized spacial score (nSPS) is 10.6. The van der Waals surface area contributed by atoms with E-state index in [1.807, 2.05) is 30.3 Å². The summed E-state index contributed by atoms with van der Waals surface area (Å²) in [6, 6.07) is 9.39. The fourth-order valence-electron chi connectivity index (χ4n) is 1.61. The van der Waals surface area contributed by atoms with Gasteiger partial charge in [-0.2, -0.15) is 0 Å². The van der Waals surface area contributed by atoms with Crippen molar-refractivity contribution in [1.29, 1.82) is 0 Å². The van der Waals surface area contributed by atoms with Gasteiger partial charge in [0.25, 0.3) is 0 Å². The van der Waals surface area contributed by atoms with Crippen molar-refractivity contribution >= 4 is 6.09 Å². The van der Waals surface area contributed by atoms with E-state index in [0.717, 1.165) is 5.56 Å². The highest BCUT2D eigenvalue weighted by Gasteiger charge is 2.19. The lowest BCUT2D eigenvalue weighted by molar-refractivity contribution is -0.114. The second kappa shape index (κ2) is 9.30. The molecule has 0 saturated heterocycles. The van der Waals surface area contributed by atoms with Gasteiger partial charge in [0.05, 0.1) is 13.2 Å². The molecule has 0 aliphatic carbocycles. The van der Waals surface area contributed by atoms with Gasteiger partial charge in [-0.05, 0) is 5.56 Å². The number of aliphatic hydroxyl groups excluding tert-OH is 1. The number of hydrogen-bond acceptors (Lipinski definition) is 5. The van der Waals surface area contributed by atoms with Gasteiger partial charge in [0, 0.05) is 20.8 Å². The lowest BCUT2D eigenvalue weighted by Crippen LogP contribution is -2.40. The fourth-order valence-corrected chi connectivity index (χ4v) is 1.61. The third kappa shape index (κ3) is 5.56.